The second kappa shape index (κ2) is 8.93. The maximum atomic E-state index is 15.0. The molecular formula is C24H18Cl2F6N2O2. The first kappa shape index (κ1) is 26.2. The standard InChI is InChI=1S/C24H18Cl2F6N2O2/c1-21(23(27,28)29)22(35,15-3-2-4-20(13-15)36-24(30,31)32)34(19-11-7-17(26)8-12-19)14-33(21)18-9-5-16(25)6-10-18/h2-13,35H,14H2,1H3. The molecule has 0 amide bonds. The third kappa shape index (κ3) is 4.42. The van der Waals surface area contributed by atoms with Gasteiger partial charge in [0, 0.05) is 27.0 Å². The third-order valence-corrected chi connectivity index (χ3v) is 6.69. The Bertz CT molecular complexity index is 1240. The van der Waals surface area contributed by atoms with E-state index in [0.29, 0.717) is 5.02 Å². The van der Waals surface area contributed by atoms with Crippen LogP contribution in [0.4, 0.5) is 37.7 Å². The van der Waals surface area contributed by atoms with Crippen LogP contribution in [0.2, 0.25) is 10.0 Å². The van der Waals surface area contributed by atoms with E-state index in [1.807, 2.05) is 0 Å². The van der Waals surface area contributed by atoms with E-state index in [0.717, 1.165) is 41.0 Å². The van der Waals surface area contributed by atoms with Gasteiger partial charge in [-0.05, 0) is 67.6 Å². The molecule has 0 bridgehead atoms. The first-order valence-electron chi connectivity index (χ1n) is 10.4. The molecular weight excluding hydrogens is 533 g/mol. The molecule has 4 nitrogen and oxygen atoms in total. The Labute approximate surface area is 212 Å². The Kier molecular flexibility index (Phi) is 6.51. The maximum absolute atomic E-state index is 15.0. The summed E-state index contributed by atoms with van der Waals surface area (Å²) < 4.78 is 87.5. The number of ether oxygens (including phenoxy) is 1. The largest absolute Gasteiger partial charge is 0.573 e. The van der Waals surface area contributed by atoms with Crippen LogP contribution in [0.1, 0.15) is 12.5 Å². The van der Waals surface area contributed by atoms with Gasteiger partial charge in [0.1, 0.15) is 5.75 Å². The number of halogens is 8. The highest BCUT2D eigenvalue weighted by Gasteiger charge is 2.73. The average Bonchev–Trinajstić information content (AvgIpc) is 3.03. The van der Waals surface area contributed by atoms with Crippen molar-refractivity contribution in [2.45, 2.75) is 30.7 Å². The van der Waals surface area contributed by atoms with Gasteiger partial charge in [0.25, 0.3) is 0 Å². The summed E-state index contributed by atoms with van der Waals surface area (Å²) in [5.74, 6) is -0.779. The second-order valence-corrected chi connectivity index (χ2v) is 9.14. The van der Waals surface area contributed by atoms with Crippen LogP contribution in [0.3, 0.4) is 0 Å². The molecule has 3 aromatic rings. The first-order chi connectivity index (χ1) is 16.7. The molecule has 1 aliphatic rings. The first-order valence-corrected chi connectivity index (χ1v) is 11.1. The molecule has 12 heteroatoms. The number of alkyl halides is 6. The van der Waals surface area contributed by atoms with Crippen LogP contribution in [0.25, 0.3) is 0 Å². The van der Waals surface area contributed by atoms with Gasteiger partial charge in [0.2, 0.25) is 0 Å². The Morgan fingerprint density at radius 3 is 1.78 bits per heavy atom. The van der Waals surface area contributed by atoms with Gasteiger partial charge in [-0.2, -0.15) is 13.2 Å². The lowest BCUT2D eigenvalue weighted by Gasteiger charge is -2.47. The summed E-state index contributed by atoms with van der Waals surface area (Å²) in [5, 5.41) is 12.7. The molecule has 1 heterocycles. The minimum atomic E-state index is -5.09. The van der Waals surface area contributed by atoms with Crippen LogP contribution in [0, 0.1) is 0 Å². The molecule has 2 atom stereocenters. The zero-order valence-corrected chi connectivity index (χ0v) is 19.9. The van der Waals surface area contributed by atoms with E-state index in [1.54, 1.807) is 0 Å². The molecule has 3 aromatic carbocycles. The molecule has 1 aliphatic heterocycles. The van der Waals surface area contributed by atoms with Crippen molar-refractivity contribution in [3.8, 4) is 5.75 Å². The molecule has 4 rings (SSSR count). The van der Waals surface area contributed by atoms with E-state index in [9.17, 15) is 31.4 Å². The summed E-state index contributed by atoms with van der Waals surface area (Å²) in [6.45, 7) is 0.301. The fraction of sp³-hybridized carbons (Fsp3) is 0.250. The summed E-state index contributed by atoms with van der Waals surface area (Å²) >= 11 is 11.9. The van der Waals surface area contributed by atoms with Crippen molar-refractivity contribution in [3.63, 3.8) is 0 Å². The summed E-state index contributed by atoms with van der Waals surface area (Å²) in [7, 11) is 0. The number of hydrogen-bond acceptors (Lipinski definition) is 4. The fourth-order valence-corrected chi connectivity index (χ4v) is 4.64. The van der Waals surface area contributed by atoms with Crippen molar-refractivity contribution in [2.75, 3.05) is 16.5 Å². The monoisotopic (exact) mass is 550 g/mol. The third-order valence-electron chi connectivity index (χ3n) is 6.19. The number of hydrogen-bond donors (Lipinski definition) is 1. The average molecular weight is 551 g/mol. The topological polar surface area (TPSA) is 35.9 Å². The number of aliphatic hydroxyl groups is 1. The molecule has 0 saturated carbocycles. The van der Waals surface area contributed by atoms with Crippen LogP contribution in [-0.2, 0) is 5.72 Å². The Balaban J connectivity index is 1.98. The molecule has 192 valence electrons. The lowest BCUT2D eigenvalue weighted by molar-refractivity contribution is -0.274. The van der Waals surface area contributed by atoms with E-state index >= 15 is 0 Å². The van der Waals surface area contributed by atoms with Gasteiger partial charge in [-0.3, -0.25) is 0 Å². The Hall–Kier alpha value is -2.82. The van der Waals surface area contributed by atoms with E-state index in [1.165, 1.54) is 48.5 Å². The molecule has 0 spiro atoms. The molecule has 2 unspecified atom stereocenters. The second-order valence-electron chi connectivity index (χ2n) is 8.27. The van der Waals surface area contributed by atoms with E-state index in [4.69, 9.17) is 23.2 Å². The zero-order chi connectivity index (χ0) is 26.5. The van der Waals surface area contributed by atoms with Crippen molar-refractivity contribution in [2.24, 2.45) is 0 Å². The van der Waals surface area contributed by atoms with Crippen molar-refractivity contribution in [1.82, 2.24) is 0 Å². The number of anilines is 2. The highest BCUT2D eigenvalue weighted by atomic mass is 35.5. The lowest BCUT2D eigenvalue weighted by Crippen LogP contribution is -2.66. The van der Waals surface area contributed by atoms with Gasteiger partial charge in [0.05, 0.1) is 6.67 Å². The summed E-state index contributed by atoms with van der Waals surface area (Å²) in [4.78, 5) is 1.98. The zero-order valence-electron chi connectivity index (χ0n) is 18.4. The minimum Gasteiger partial charge on any atom is -0.406 e. The molecule has 1 saturated heterocycles. The smallest absolute Gasteiger partial charge is 0.406 e. The van der Waals surface area contributed by atoms with Gasteiger partial charge in [-0.25, -0.2) is 0 Å². The maximum Gasteiger partial charge on any atom is 0.573 e. The van der Waals surface area contributed by atoms with E-state index < -0.39 is 41.8 Å². The lowest BCUT2D eigenvalue weighted by atomic mass is 9.81. The molecule has 0 radical (unpaired) electrons. The fourth-order valence-electron chi connectivity index (χ4n) is 4.38. The van der Waals surface area contributed by atoms with Gasteiger partial charge in [-0.1, -0.05) is 35.3 Å². The van der Waals surface area contributed by atoms with Crippen molar-refractivity contribution in [1.29, 1.82) is 0 Å². The van der Waals surface area contributed by atoms with Crippen molar-refractivity contribution < 1.29 is 36.2 Å². The molecule has 36 heavy (non-hydrogen) atoms. The molecule has 1 fully saturated rings. The van der Waals surface area contributed by atoms with Gasteiger partial charge in [-0.15, -0.1) is 13.2 Å². The Morgan fingerprint density at radius 2 is 1.31 bits per heavy atom. The SMILES string of the molecule is CC1(C(F)(F)F)N(c2ccc(Cl)cc2)CN(c2ccc(Cl)cc2)C1(O)c1cccc(OC(F)(F)F)c1. The minimum absolute atomic E-state index is 0.0804. The van der Waals surface area contributed by atoms with Crippen molar-refractivity contribution in [3.05, 3.63) is 88.4 Å². The van der Waals surface area contributed by atoms with Crippen molar-refractivity contribution >= 4 is 34.6 Å². The quantitative estimate of drug-likeness (QED) is 0.345. The summed E-state index contributed by atoms with van der Waals surface area (Å²) in [6.07, 6.45) is -10.2. The highest BCUT2D eigenvalue weighted by molar-refractivity contribution is 6.30. The molecule has 0 aliphatic carbocycles. The van der Waals surface area contributed by atoms with Gasteiger partial charge >= 0.3 is 12.5 Å². The number of nitrogens with zero attached hydrogens (tertiary/aromatic N) is 2. The molecule has 1 N–H and O–H groups in total. The van der Waals surface area contributed by atoms with Crippen LogP contribution < -0.4 is 14.5 Å². The van der Waals surface area contributed by atoms with Gasteiger partial charge in [0.15, 0.2) is 11.3 Å². The van der Waals surface area contributed by atoms with E-state index in [2.05, 4.69) is 4.74 Å². The van der Waals surface area contributed by atoms with Crippen LogP contribution in [0.15, 0.2) is 72.8 Å². The van der Waals surface area contributed by atoms with Crippen LogP contribution >= 0.6 is 23.2 Å². The summed E-state index contributed by atoms with van der Waals surface area (Å²) in [5.41, 5.74) is -6.20. The van der Waals surface area contributed by atoms with Gasteiger partial charge < -0.3 is 19.6 Å². The molecule has 0 aromatic heterocycles. The van der Waals surface area contributed by atoms with Crippen LogP contribution in [0.5, 0.6) is 5.75 Å². The normalized spacial score (nSPS) is 22.7. The highest BCUT2D eigenvalue weighted by Crippen LogP contribution is 2.56. The Morgan fingerprint density at radius 1 is 0.806 bits per heavy atom. The predicted octanol–water partition coefficient (Wildman–Crippen LogP) is 7.34. The van der Waals surface area contributed by atoms with E-state index in [-0.39, 0.29) is 16.4 Å². The summed E-state index contributed by atoms with van der Waals surface area (Å²) in [6, 6.07) is 15.1. The van der Waals surface area contributed by atoms with Crippen LogP contribution in [-0.4, -0.2) is 29.9 Å². The predicted molar refractivity (Wildman–Crippen MR) is 124 cm³/mol. The number of rotatable bonds is 4. The number of benzene rings is 3.